The first kappa shape index (κ1) is 16.0. The highest BCUT2D eigenvalue weighted by molar-refractivity contribution is 5.69. The van der Waals surface area contributed by atoms with Gasteiger partial charge in [0.15, 0.2) is 0 Å². The summed E-state index contributed by atoms with van der Waals surface area (Å²) < 4.78 is 0. The van der Waals surface area contributed by atoms with Gasteiger partial charge in [-0.05, 0) is 50.1 Å². The van der Waals surface area contributed by atoms with Crippen molar-refractivity contribution in [3.05, 3.63) is 35.9 Å². The van der Waals surface area contributed by atoms with Crippen molar-refractivity contribution < 1.29 is 9.90 Å². The van der Waals surface area contributed by atoms with Gasteiger partial charge in [-0.3, -0.25) is 4.79 Å². The van der Waals surface area contributed by atoms with Crippen molar-refractivity contribution in [1.82, 2.24) is 5.32 Å². The molecule has 2 rings (SSSR count). The predicted molar refractivity (Wildman–Crippen MR) is 85.2 cm³/mol. The topological polar surface area (TPSA) is 49.3 Å². The van der Waals surface area contributed by atoms with E-state index in [0.717, 1.165) is 45.1 Å². The highest BCUT2D eigenvalue weighted by Gasteiger charge is 2.26. The number of nitrogens with one attached hydrogen (secondary N) is 1. The Hall–Kier alpha value is -1.35. The van der Waals surface area contributed by atoms with Crippen molar-refractivity contribution in [2.24, 2.45) is 11.8 Å². The normalized spacial score (nSPS) is 23.7. The number of hydrogen-bond acceptors (Lipinski definition) is 2. The standard InChI is InChI=1S/C18H27NO2/c1-2-6-17(15-7-4-3-5-8-15)19-13-14-9-11-16(12-10-14)18(20)21/h3-5,7-8,14,16-17,19H,2,6,9-13H2,1H3,(H,20,21). The second-order valence-electron chi connectivity index (χ2n) is 6.22. The van der Waals surface area contributed by atoms with E-state index in [1.807, 2.05) is 0 Å². The van der Waals surface area contributed by atoms with Gasteiger partial charge in [0.2, 0.25) is 0 Å². The first-order valence-electron chi connectivity index (χ1n) is 8.21. The number of benzene rings is 1. The molecule has 1 atom stereocenters. The molecular weight excluding hydrogens is 262 g/mol. The zero-order valence-electron chi connectivity index (χ0n) is 12.9. The molecule has 0 heterocycles. The van der Waals surface area contributed by atoms with Crippen LogP contribution in [-0.4, -0.2) is 17.6 Å². The van der Waals surface area contributed by atoms with Gasteiger partial charge >= 0.3 is 5.97 Å². The zero-order chi connectivity index (χ0) is 15.1. The summed E-state index contributed by atoms with van der Waals surface area (Å²) in [5.41, 5.74) is 1.36. The van der Waals surface area contributed by atoms with Crippen LogP contribution in [0.1, 0.15) is 57.1 Å². The molecule has 1 aliphatic rings. The number of carboxylic acid groups (broad SMARTS) is 1. The number of hydrogen-bond donors (Lipinski definition) is 2. The lowest BCUT2D eigenvalue weighted by Gasteiger charge is -2.28. The van der Waals surface area contributed by atoms with Crippen LogP contribution in [0.4, 0.5) is 0 Å². The molecule has 2 N–H and O–H groups in total. The van der Waals surface area contributed by atoms with E-state index in [-0.39, 0.29) is 5.92 Å². The summed E-state index contributed by atoms with van der Waals surface area (Å²) in [6.07, 6.45) is 6.07. The van der Waals surface area contributed by atoms with Gasteiger partial charge in [0.1, 0.15) is 0 Å². The van der Waals surface area contributed by atoms with Crippen LogP contribution in [-0.2, 0) is 4.79 Å². The maximum atomic E-state index is 11.0. The Morgan fingerprint density at radius 1 is 1.24 bits per heavy atom. The van der Waals surface area contributed by atoms with E-state index in [2.05, 4.69) is 42.6 Å². The lowest BCUT2D eigenvalue weighted by molar-refractivity contribution is -0.143. The van der Waals surface area contributed by atoms with Crippen LogP contribution in [0.3, 0.4) is 0 Å². The van der Waals surface area contributed by atoms with Gasteiger partial charge in [-0.25, -0.2) is 0 Å². The van der Waals surface area contributed by atoms with E-state index in [0.29, 0.717) is 12.0 Å². The molecule has 0 aliphatic heterocycles. The molecule has 21 heavy (non-hydrogen) atoms. The molecule has 1 aromatic rings. The van der Waals surface area contributed by atoms with Crippen LogP contribution < -0.4 is 5.32 Å². The minimum atomic E-state index is -0.616. The van der Waals surface area contributed by atoms with Crippen LogP contribution in [0.2, 0.25) is 0 Å². The quantitative estimate of drug-likeness (QED) is 0.797. The first-order valence-corrected chi connectivity index (χ1v) is 8.21. The van der Waals surface area contributed by atoms with Gasteiger partial charge in [-0.1, -0.05) is 43.7 Å². The zero-order valence-corrected chi connectivity index (χ0v) is 12.9. The number of carboxylic acids is 1. The van der Waals surface area contributed by atoms with E-state index in [1.54, 1.807) is 0 Å². The Labute approximate surface area is 127 Å². The van der Waals surface area contributed by atoms with Crippen LogP contribution >= 0.6 is 0 Å². The van der Waals surface area contributed by atoms with E-state index in [4.69, 9.17) is 5.11 Å². The van der Waals surface area contributed by atoms with Crippen molar-refractivity contribution in [3.63, 3.8) is 0 Å². The van der Waals surface area contributed by atoms with Crippen molar-refractivity contribution >= 4 is 5.97 Å². The molecule has 0 saturated heterocycles. The Balaban J connectivity index is 1.82. The molecule has 0 aromatic heterocycles. The van der Waals surface area contributed by atoms with Crippen LogP contribution in [0, 0.1) is 11.8 Å². The Bertz CT molecular complexity index is 424. The second-order valence-corrected chi connectivity index (χ2v) is 6.22. The lowest BCUT2D eigenvalue weighted by atomic mass is 9.82. The van der Waals surface area contributed by atoms with Crippen LogP contribution in [0.5, 0.6) is 0 Å². The Morgan fingerprint density at radius 3 is 2.48 bits per heavy atom. The monoisotopic (exact) mass is 289 g/mol. The highest BCUT2D eigenvalue weighted by Crippen LogP contribution is 2.29. The average molecular weight is 289 g/mol. The molecule has 0 radical (unpaired) electrons. The molecule has 116 valence electrons. The van der Waals surface area contributed by atoms with Gasteiger partial charge in [-0.15, -0.1) is 0 Å². The Morgan fingerprint density at radius 2 is 1.90 bits per heavy atom. The third kappa shape index (κ3) is 4.85. The van der Waals surface area contributed by atoms with Gasteiger partial charge in [-0.2, -0.15) is 0 Å². The van der Waals surface area contributed by atoms with E-state index >= 15 is 0 Å². The van der Waals surface area contributed by atoms with E-state index < -0.39 is 5.97 Å². The third-order valence-corrected chi connectivity index (χ3v) is 4.63. The van der Waals surface area contributed by atoms with Crippen LogP contribution in [0.25, 0.3) is 0 Å². The van der Waals surface area contributed by atoms with Crippen molar-refractivity contribution in [2.45, 2.75) is 51.5 Å². The second kappa shape index (κ2) is 8.18. The molecular formula is C18H27NO2. The summed E-state index contributed by atoms with van der Waals surface area (Å²) in [6, 6.07) is 11.0. The summed E-state index contributed by atoms with van der Waals surface area (Å²) >= 11 is 0. The minimum Gasteiger partial charge on any atom is -0.481 e. The molecule has 0 amide bonds. The fraction of sp³-hybridized carbons (Fsp3) is 0.611. The first-order chi connectivity index (χ1) is 10.2. The number of carbonyl (C=O) groups is 1. The summed E-state index contributed by atoms with van der Waals surface area (Å²) in [5, 5.41) is 12.7. The molecule has 0 bridgehead atoms. The summed E-state index contributed by atoms with van der Waals surface area (Å²) in [4.78, 5) is 11.0. The van der Waals surface area contributed by atoms with Gasteiger partial charge in [0.25, 0.3) is 0 Å². The predicted octanol–water partition coefficient (Wildman–Crippen LogP) is 4.01. The number of rotatable bonds is 7. The van der Waals surface area contributed by atoms with Crippen LogP contribution in [0.15, 0.2) is 30.3 Å². The third-order valence-electron chi connectivity index (χ3n) is 4.63. The highest BCUT2D eigenvalue weighted by atomic mass is 16.4. The SMILES string of the molecule is CCCC(NCC1CCC(C(=O)O)CC1)c1ccccc1. The van der Waals surface area contributed by atoms with Gasteiger partial charge in [0, 0.05) is 6.04 Å². The molecule has 1 fully saturated rings. The van der Waals surface area contributed by atoms with Gasteiger partial charge in [0.05, 0.1) is 5.92 Å². The van der Waals surface area contributed by atoms with E-state index in [9.17, 15) is 4.79 Å². The molecule has 0 spiro atoms. The largest absolute Gasteiger partial charge is 0.481 e. The fourth-order valence-electron chi connectivity index (χ4n) is 3.28. The van der Waals surface area contributed by atoms with Crippen molar-refractivity contribution in [2.75, 3.05) is 6.54 Å². The average Bonchev–Trinajstić information content (AvgIpc) is 2.52. The molecule has 3 heteroatoms. The molecule has 1 aromatic carbocycles. The molecule has 1 aliphatic carbocycles. The minimum absolute atomic E-state index is 0.109. The summed E-state index contributed by atoms with van der Waals surface area (Å²) in [7, 11) is 0. The maximum Gasteiger partial charge on any atom is 0.306 e. The molecule has 3 nitrogen and oxygen atoms in total. The lowest BCUT2D eigenvalue weighted by Crippen LogP contribution is -2.31. The summed E-state index contributed by atoms with van der Waals surface area (Å²) in [5.74, 6) is -0.0972. The maximum absolute atomic E-state index is 11.0. The van der Waals surface area contributed by atoms with Crippen molar-refractivity contribution in [1.29, 1.82) is 0 Å². The Kier molecular flexibility index (Phi) is 6.24. The van der Waals surface area contributed by atoms with Crippen molar-refractivity contribution in [3.8, 4) is 0 Å². The van der Waals surface area contributed by atoms with E-state index in [1.165, 1.54) is 5.56 Å². The van der Waals surface area contributed by atoms with Gasteiger partial charge < -0.3 is 10.4 Å². The summed E-state index contributed by atoms with van der Waals surface area (Å²) in [6.45, 7) is 3.22. The molecule has 1 unspecified atom stereocenters. The smallest absolute Gasteiger partial charge is 0.306 e. The number of aliphatic carboxylic acids is 1. The molecule has 1 saturated carbocycles. The fourth-order valence-corrected chi connectivity index (χ4v) is 3.28.